The van der Waals surface area contributed by atoms with Crippen LogP contribution in [0.4, 0.5) is 23.7 Å². The highest BCUT2D eigenvalue weighted by Crippen LogP contribution is 2.31. The molecule has 2 aromatic carbocycles. The second-order valence-corrected chi connectivity index (χ2v) is 7.94. The summed E-state index contributed by atoms with van der Waals surface area (Å²) >= 11 is 0. The molecule has 3 heterocycles. The molecular weight excluding hydrogens is 459 g/mol. The molecule has 0 spiro atoms. The first-order valence-corrected chi connectivity index (χ1v) is 10.9. The lowest BCUT2D eigenvalue weighted by atomic mass is 10.1. The maximum atomic E-state index is 13.0. The molecule has 4 aromatic rings. The van der Waals surface area contributed by atoms with Crippen molar-refractivity contribution in [3.63, 3.8) is 0 Å². The molecule has 0 fully saturated rings. The van der Waals surface area contributed by atoms with E-state index < -0.39 is 17.8 Å². The minimum Gasteiger partial charge on any atom is -0.439 e. The number of nitrogens with one attached hydrogen (secondary N) is 2. The number of carbonyl (C=O) groups excluding carboxylic acids is 1. The number of hydrogen-bond acceptors (Lipinski definition) is 5. The lowest BCUT2D eigenvalue weighted by Crippen LogP contribution is -2.20. The monoisotopic (exact) mass is 479 g/mol. The molecule has 35 heavy (non-hydrogen) atoms. The van der Waals surface area contributed by atoms with E-state index in [1.165, 1.54) is 23.0 Å². The predicted molar refractivity (Wildman–Crippen MR) is 125 cm³/mol. The summed E-state index contributed by atoms with van der Waals surface area (Å²) in [6.45, 7) is 1.69. The second kappa shape index (κ2) is 9.22. The first-order valence-electron chi connectivity index (χ1n) is 10.9. The van der Waals surface area contributed by atoms with E-state index in [0.717, 1.165) is 48.3 Å². The highest BCUT2D eigenvalue weighted by Gasteiger charge is 2.30. The minimum absolute atomic E-state index is 0.0510. The quantitative estimate of drug-likeness (QED) is 0.393. The van der Waals surface area contributed by atoms with Crippen LogP contribution < -0.4 is 15.4 Å². The molecule has 0 unspecified atom stereocenters. The molecule has 0 bridgehead atoms. The van der Waals surface area contributed by atoms with Crippen molar-refractivity contribution in [3.8, 4) is 11.6 Å². The standard InChI is InChI=1S/C25H20F3N5O2/c26-25(27,28)18-2-1-3-19(13-18)32-24(34)33-11-8-17-12-20(4-5-22(17)33)35-23-14-21(30-15-31-23)16-6-9-29-10-7-16/h1-6,8,11-15,29H,7,9-10H2,(H,32,34). The summed E-state index contributed by atoms with van der Waals surface area (Å²) in [5.74, 6) is 0.924. The van der Waals surface area contributed by atoms with Crippen LogP contribution in [0.2, 0.25) is 0 Å². The Morgan fingerprint density at radius 1 is 1.09 bits per heavy atom. The number of amides is 1. The highest BCUT2D eigenvalue weighted by molar-refractivity contribution is 5.98. The third kappa shape index (κ3) is 5.02. The number of benzene rings is 2. The van der Waals surface area contributed by atoms with Crippen LogP contribution in [0.5, 0.6) is 11.6 Å². The van der Waals surface area contributed by atoms with Crippen LogP contribution in [0, 0.1) is 0 Å². The van der Waals surface area contributed by atoms with E-state index in [1.807, 2.05) is 0 Å². The summed E-state index contributed by atoms with van der Waals surface area (Å²) in [5.41, 5.74) is 1.74. The van der Waals surface area contributed by atoms with Gasteiger partial charge in [0.2, 0.25) is 5.88 Å². The van der Waals surface area contributed by atoms with Gasteiger partial charge in [-0.2, -0.15) is 13.2 Å². The summed E-state index contributed by atoms with van der Waals surface area (Å²) < 4.78 is 46.1. The number of ether oxygens (including phenoxy) is 1. The van der Waals surface area contributed by atoms with Crippen LogP contribution in [-0.4, -0.2) is 33.7 Å². The van der Waals surface area contributed by atoms with Gasteiger partial charge in [0.05, 0.1) is 16.8 Å². The normalized spacial score (nSPS) is 14.0. The van der Waals surface area contributed by atoms with Crippen LogP contribution in [-0.2, 0) is 6.18 Å². The molecule has 1 amide bonds. The van der Waals surface area contributed by atoms with Crippen LogP contribution in [0.1, 0.15) is 17.7 Å². The number of halogens is 3. The average molecular weight is 479 g/mol. The highest BCUT2D eigenvalue weighted by atomic mass is 19.4. The fraction of sp³-hybridized carbons (Fsp3) is 0.160. The minimum atomic E-state index is -4.49. The number of nitrogens with zero attached hydrogens (tertiary/aromatic N) is 3. The number of aromatic nitrogens is 3. The van der Waals surface area contributed by atoms with Gasteiger partial charge in [0.25, 0.3) is 0 Å². The predicted octanol–water partition coefficient (Wildman–Crippen LogP) is 5.70. The van der Waals surface area contributed by atoms with Gasteiger partial charge in [0.1, 0.15) is 12.1 Å². The Labute approximate surface area is 198 Å². The largest absolute Gasteiger partial charge is 0.439 e. The summed E-state index contributed by atoms with van der Waals surface area (Å²) in [5, 5.41) is 6.49. The van der Waals surface area contributed by atoms with Gasteiger partial charge in [-0.05, 0) is 61.0 Å². The third-order valence-electron chi connectivity index (χ3n) is 5.58. The summed E-state index contributed by atoms with van der Waals surface area (Å²) in [6.07, 6.45) is 1.48. The Bertz CT molecular complexity index is 1430. The van der Waals surface area contributed by atoms with Crippen LogP contribution in [0.3, 0.4) is 0 Å². The molecule has 2 aromatic heterocycles. The fourth-order valence-electron chi connectivity index (χ4n) is 3.87. The van der Waals surface area contributed by atoms with Gasteiger partial charge < -0.3 is 15.4 Å². The average Bonchev–Trinajstić information content (AvgIpc) is 3.28. The second-order valence-electron chi connectivity index (χ2n) is 7.94. The van der Waals surface area contributed by atoms with E-state index in [4.69, 9.17) is 4.74 Å². The topological polar surface area (TPSA) is 81.1 Å². The van der Waals surface area contributed by atoms with E-state index in [2.05, 4.69) is 26.7 Å². The van der Waals surface area contributed by atoms with Gasteiger partial charge in [-0.25, -0.2) is 14.8 Å². The van der Waals surface area contributed by atoms with Gasteiger partial charge in [-0.15, -0.1) is 0 Å². The summed E-state index contributed by atoms with van der Waals surface area (Å²) in [4.78, 5) is 21.2. The molecule has 0 saturated carbocycles. The maximum Gasteiger partial charge on any atom is 0.416 e. The van der Waals surface area contributed by atoms with Gasteiger partial charge in [0.15, 0.2) is 0 Å². The number of carbonyl (C=O) groups is 1. The zero-order chi connectivity index (χ0) is 24.4. The van der Waals surface area contributed by atoms with E-state index >= 15 is 0 Å². The van der Waals surface area contributed by atoms with Gasteiger partial charge >= 0.3 is 12.2 Å². The lowest BCUT2D eigenvalue weighted by molar-refractivity contribution is -0.137. The number of anilines is 1. The fourth-order valence-corrected chi connectivity index (χ4v) is 3.87. The molecule has 0 atom stereocenters. The smallest absolute Gasteiger partial charge is 0.416 e. The first kappa shape index (κ1) is 22.6. The molecule has 5 rings (SSSR count). The Morgan fingerprint density at radius 3 is 2.77 bits per heavy atom. The van der Waals surface area contributed by atoms with E-state index in [-0.39, 0.29) is 5.69 Å². The van der Waals surface area contributed by atoms with Crippen LogP contribution in [0.15, 0.2) is 73.2 Å². The van der Waals surface area contributed by atoms with Crippen molar-refractivity contribution < 1.29 is 22.7 Å². The van der Waals surface area contributed by atoms with Crippen molar-refractivity contribution >= 4 is 28.2 Å². The van der Waals surface area contributed by atoms with Gasteiger partial charge in [-0.3, -0.25) is 4.57 Å². The number of hydrogen-bond donors (Lipinski definition) is 2. The van der Waals surface area contributed by atoms with Crippen molar-refractivity contribution in [1.82, 2.24) is 19.9 Å². The SMILES string of the molecule is O=C(Nc1cccc(C(F)(F)F)c1)n1ccc2cc(Oc3cc(C4=CCNCC4)ncn3)ccc21. The molecule has 0 saturated heterocycles. The van der Waals surface area contributed by atoms with Crippen molar-refractivity contribution in [3.05, 3.63) is 84.5 Å². The molecule has 2 N–H and O–H groups in total. The van der Waals surface area contributed by atoms with Crippen LogP contribution >= 0.6 is 0 Å². The molecule has 0 radical (unpaired) electrons. The molecule has 0 aliphatic carbocycles. The zero-order valence-electron chi connectivity index (χ0n) is 18.3. The van der Waals surface area contributed by atoms with Gasteiger partial charge in [0, 0.05) is 29.9 Å². The molecule has 1 aliphatic heterocycles. The molecule has 1 aliphatic rings. The Kier molecular flexibility index (Phi) is 5.96. The third-order valence-corrected chi connectivity index (χ3v) is 5.58. The van der Waals surface area contributed by atoms with Crippen molar-refractivity contribution in [1.29, 1.82) is 0 Å². The Balaban J connectivity index is 1.33. The zero-order valence-corrected chi connectivity index (χ0v) is 18.3. The van der Waals surface area contributed by atoms with Crippen molar-refractivity contribution in [2.75, 3.05) is 18.4 Å². The lowest BCUT2D eigenvalue weighted by Gasteiger charge is -2.14. The number of rotatable bonds is 4. The number of fused-ring (bicyclic) bond motifs is 1. The molecule has 178 valence electrons. The maximum absolute atomic E-state index is 13.0. The van der Waals surface area contributed by atoms with E-state index in [1.54, 1.807) is 36.5 Å². The first-order chi connectivity index (χ1) is 16.9. The Morgan fingerprint density at radius 2 is 1.97 bits per heavy atom. The van der Waals surface area contributed by atoms with E-state index in [9.17, 15) is 18.0 Å². The molecule has 10 heteroatoms. The van der Waals surface area contributed by atoms with Crippen molar-refractivity contribution in [2.24, 2.45) is 0 Å². The van der Waals surface area contributed by atoms with Crippen molar-refractivity contribution in [2.45, 2.75) is 12.6 Å². The Hall–Kier alpha value is -4.18. The summed E-state index contributed by atoms with van der Waals surface area (Å²) in [7, 11) is 0. The molecule has 7 nitrogen and oxygen atoms in total. The number of alkyl halides is 3. The van der Waals surface area contributed by atoms with E-state index in [0.29, 0.717) is 17.1 Å². The molecular formula is C25H20F3N5O2. The van der Waals surface area contributed by atoms with Gasteiger partial charge in [-0.1, -0.05) is 12.1 Å². The summed E-state index contributed by atoms with van der Waals surface area (Å²) in [6, 6.07) is 12.6. The van der Waals surface area contributed by atoms with Crippen LogP contribution in [0.25, 0.3) is 16.5 Å².